The number of benzene rings is 2. The quantitative estimate of drug-likeness (QED) is 0.441. The molecule has 0 bridgehead atoms. The predicted molar refractivity (Wildman–Crippen MR) is 103 cm³/mol. The number of phenols is 1. The Balaban J connectivity index is 2.13. The Morgan fingerprint density at radius 2 is 1.88 bits per heavy atom. The van der Waals surface area contributed by atoms with Gasteiger partial charge in [-0.15, -0.1) is 0 Å². The summed E-state index contributed by atoms with van der Waals surface area (Å²) in [6, 6.07) is 9.50. The van der Waals surface area contributed by atoms with Crippen LogP contribution in [0, 0.1) is 10.1 Å². The summed E-state index contributed by atoms with van der Waals surface area (Å²) >= 11 is 3.04. The van der Waals surface area contributed by atoms with E-state index in [-0.39, 0.29) is 26.9 Å². The fourth-order valence-corrected chi connectivity index (χ4v) is 2.62. The largest absolute Gasteiger partial charge is 0.506 e. The monoisotopic (exact) mass is 419 g/mol. The Kier molecular flexibility index (Phi) is 5.76. The molecule has 0 aliphatic heterocycles. The smallest absolute Gasteiger partial charge is 0.271 e. The fourth-order valence-electron chi connectivity index (χ4n) is 2.16. The second-order valence-corrected chi connectivity index (χ2v) is 7.50. The lowest BCUT2D eigenvalue weighted by atomic mass is 9.87. The summed E-state index contributed by atoms with van der Waals surface area (Å²) in [4.78, 5) is 22.4. The maximum Gasteiger partial charge on any atom is 0.271 e. The fraction of sp³-hybridized carbons (Fsp3) is 0.222. The topological polar surface area (TPSA) is 105 Å². The van der Waals surface area contributed by atoms with Crippen LogP contribution in [-0.4, -0.2) is 22.2 Å². The van der Waals surface area contributed by atoms with E-state index in [9.17, 15) is 20.0 Å². The summed E-state index contributed by atoms with van der Waals surface area (Å²) < 4.78 is 0.164. The maximum atomic E-state index is 12.1. The molecule has 0 spiro atoms. The van der Waals surface area contributed by atoms with Crippen molar-refractivity contribution in [2.45, 2.75) is 26.2 Å². The van der Waals surface area contributed by atoms with Gasteiger partial charge in [-0.2, -0.15) is 5.10 Å². The van der Waals surface area contributed by atoms with E-state index < -0.39 is 10.8 Å². The molecule has 2 aromatic carbocycles. The van der Waals surface area contributed by atoms with E-state index in [0.29, 0.717) is 5.56 Å². The standard InChI is InChI=1S/C18H18BrN3O4/c1-18(2,3)13-6-4-11(5-7-13)17(24)21-20-10-12-8-14(22(25)26)9-15(19)16(12)23/h4-10,23H,1-3H3,(H,21,24)/b20-10-. The minimum atomic E-state index is -0.586. The van der Waals surface area contributed by atoms with Gasteiger partial charge in [0.1, 0.15) is 5.75 Å². The second-order valence-electron chi connectivity index (χ2n) is 6.65. The number of non-ortho nitro benzene ring substituents is 1. The summed E-state index contributed by atoms with van der Waals surface area (Å²) in [5.74, 6) is -0.631. The van der Waals surface area contributed by atoms with Crippen LogP contribution < -0.4 is 5.43 Å². The van der Waals surface area contributed by atoms with Gasteiger partial charge in [-0.1, -0.05) is 32.9 Å². The van der Waals surface area contributed by atoms with E-state index in [1.165, 1.54) is 6.07 Å². The summed E-state index contributed by atoms with van der Waals surface area (Å²) in [5.41, 5.74) is 3.75. The van der Waals surface area contributed by atoms with Crippen LogP contribution in [0.2, 0.25) is 0 Å². The van der Waals surface area contributed by atoms with E-state index >= 15 is 0 Å². The predicted octanol–water partition coefficient (Wildman–Crippen LogP) is 4.12. The molecule has 7 nitrogen and oxygen atoms in total. The van der Waals surface area contributed by atoms with Crippen molar-refractivity contribution in [1.29, 1.82) is 0 Å². The van der Waals surface area contributed by atoms with Crippen molar-refractivity contribution >= 4 is 33.7 Å². The van der Waals surface area contributed by atoms with Gasteiger partial charge in [0.2, 0.25) is 0 Å². The highest BCUT2D eigenvalue weighted by atomic mass is 79.9. The second kappa shape index (κ2) is 7.65. The molecule has 0 saturated heterocycles. The lowest BCUT2D eigenvalue weighted by Crippen LogP contribution is -2.18. The first-order chi connectivity index (χ1) is 12.1. The molecule has 136 valence electrons. The number of nitrogens with one attached hydrogen (secondary N) is 1. The number of nitrogens with zero attached hydrogens (tertiary/aromatic N) is 2. The lowest BCUT2D eigenvalue weighted by Gasteiger charge is -2.18. The van der Waals surface area contributed by atoms with Crippen molar-refractivity contribution in [2.75, 3.05) is 0 Å². The number of amides is 1. The molecule has 0 fully saturated rings. The number of aromatic hydroxyl groups is 1. The van der Waals surface area contributed by atoms with Crippen LogP contribution >= 0.6 is 15.9 Å². The molecular weight excluding hydrogens is 402 g/mol. The molecule has 0 atom stereocenters. The lowest BCUT2D eigenvalue weighted by molar-refractivity contribution is -0.385. The zero-order valence-corrected chi connectivity index (χ0v) is 16.1. The van der Waals surface area contributed by atoms with E-state index in [4.69, 9.17) is 0 Å². The van der Waals surface area contributed by atoms with Gasteiger partial charge in [-0.25, -0.2) is 5.43 Å². The number of nitro benzene ring substituents is 1. The maximum absolute atomic E-state index is 12.1. The van der Waals surface area contributed by atoms with E-state index in [1.54, 1.807) is 12.1 Å². The van der Waals surface area contributed by atoms with Gasteiger partial charge >= 0.3 is 0 Å². The number of carbonyl (C=O) groups excluding carboxylic acids is 1. The highest BCUT2D eigenvalue weighted by Gasteiger charge is 2.15. The highest BCUT2D eigenvalue weighted by molar-refractivity contribution is 9.10. The summed E-state index contributed by atoms with van der Waals surface area (Å²) in [7, 11) is 0. The number of hydrogen-bond donors (Lipinski definition) is 2. The summed E-state index contributed by atoms with van der Waals surface area (Å²) in [5, 5.41) is 24.6. The molecule has 2 aromatic rings. The minimum Gasteiger partial charge on any atom is -0.506 e. The number of carbonyl (C=O) groups is 1. The van der Waals surface area contributed by atoms with Crippen LogP contribution in [0.25, 0.3) is 0 Å². The number of hydrogen-bond acceptors (Lipinski definition) is 5. The molecule has 8 heteroatoms. The first-order valence-corrected chi connectivity index (χ1v) is 8.50. The van der Waals surface area contributed by atoms with Gasteiger partial charge in [0.05, 0.1) is 15.6 Å². The third-order valence-electron chi connectivity index (χ3n) is 3.67. The molecule has 0 aliphatic carbocycles. The average Bonchev–Trinajstić information content (AvgIpc) is 2.57. The normalized spacial score (nSPS) is 11.5. The number of halogens is 1. The molecule has 0 heterocycles. The summed E-state index contributed by atoms with van der Waals surface area (Å²) in [6.07, 6.45) is 1.15. The zero-order chi connectivity index (χ0) is 19.5. The Morgan fingerprint density at radius 1 is 1.27 bits per heavy atom. The van der Waals surface area contributed by atoms with Gasteiger partial charge in [0.15, 0.2) is 0 Å². The van der Waals surface area contributed by atoms with Crippen LogP contribution in [0.15, 0.2) is 46.0 Å². The molecule has 0 aliphatic rings. The van der Waals surface area contributed by atoms with Gasteiger partial charge in [-0.3, -0.25) is 14.9 Å². The van der Waals surface area contributed by atoms with Crippen molar-refractivity contribution in [1.82, 2.24) is 5.43 Å². The molecule has 0 saturated carbocycles. The van der Waals surface area contributed by atoms with Gasteiger partial charge in [0.25, 0.3) is 11.6 Å². The molecule has 0 radical (unpaired) electrons. The molecular formula is C18H18BrN3O4. The SMILES string of the molecule is CC(C)(C)c1ccc(C(=O)N/N=C\c2cc([N+](=O)[O-])cc(Br)c2O)cc1. The van der Waals surface area contributed by atoms with Gasteiger partial charge < -0.3 is 5.11 Å². The third kappa shape index (κ3) is 4.66. The van der Waals surface area contributed by atoms with Crippen LogP contribution in [0.1, 0.15) is 42.3 Å². The van der Waals surface area contributed by atoms with Crippen molar-refractivity contribution < 1.29 is 14.8 Å². The van der Waals surface area contributed by atoms with Crippen molar-refractivity contribution in [3.05, 3.63) is 67.7 Å². The highest BCUT2D eigenvalue weighted by Crippen LogP contribution is 2.31. The molecule has 2 N–H and O–H groups in total. The first-order valence-electron chi connectivity index (χ1n) is 7.70. The Labute approximate surface area is 159 Å². The van der Waals surface area contributed by atoms with Crippen molar-refractivity contribution in [3.63, 3.8) is 0 Å². The third-order valence-corrected chi connectivity index (χ3v) is 4.28. The van der Waals surface area contributed by atoms with E-state index in [2.05, 4.69) is 47.2 Å². The van der Waals surface area contributed by atoms with Gasteiger partial charge in [0, 0.05) is 23.3 Å². The summed E-state index contributed by atoms with van der Waals surface area (Å²) in [6.45, 7) is 6.24. The molecule has 26 heavy (non-hydrogen) atoms. The minimum absolute atomic E-state index is 0.0138. The number of rotatable bonds is 4. The first kappa shape index (κ1) is 19.6. The molecule has 1 amide bonds. The Hall–Kier alpha value is -2.74. The number of nitro groups is 1. The van der Waals surface area contributed by atoms with E-state index in [1.807, 2.05) is 12.1 Å². The number of hydrazone groups is 1. The molecule has 0 aromatic heterocycles. The van der Waals surface area contributed by atoms with Crippen LogP contribution in [0.4, 0.5) is 5.69 Å². The van der Waals surface area contributed by atoms with Gasteiger partial charge in [-0.05, 0) is 39.0 Å². The van der Waals surface area contributed by atoms with Crippen molar-refractivity contribution in [2.24, 2.45) is 5.10 Å². The average molecular weight is 420 g/mol. The van der Waals surface area contributed by atoms with Crippen molar-refractivity contribution in [3.8, 4) is 5.75 Å². The van der Waals surface area contributed by atoms with Crippen LogP contribution in [0.3, 0.4) is 0 Å². The molecule has 2 rings (SSSR count). The van der Waals surface area contributed by atoms with Crippen LogP contribution in [0.5, 0.6) is 5.75 Å². The van der Waals surface area contributed by atoms with E-state index in [0.717, 1.165) is 17.8 Å². The van der Waals surface area contributed by atoms with Crippen LogP contribution in [-0.2, 0) is 5.41 Å². The Bertz CT molecular complexity index is 871. The zero-order valence-electron chi connectivity index (χ0n) is 14.5. The molecule has 0 unspecified atom stereocenters. The number of phenolic OH excluding ortho intramolecular Hbond substituents is 1. The Morgan fingerprint density at radius 3 is 2.42 bits per heavy atom.